The molecule has 0 spiro atoms. The Morgan fingerprint density at radius 1 is 1.56 bits per heavy atom. The standard InChI is InChI=1S/C12H15BrN2O2.ClH/c1-15(9-4-5-14-7-9)12(17)10-6-8(13)2-3-11(10)16;/h2-3,6,9,14,16H,4-5,7H2,1H3;1H. The van der Waals surface area contributed by atoms with Gasteiger partial charge in [-0.05, 0) is 31.2 Å². The topological polar surface area (TPSA) is 52.6 Å². The predicted molar refractivity (Wildman–Crippen MR) is 76.4 cm³/mol. The predicted octanol–water partition coefficient (Wildman–Crippen LogP) is 2.01. The molecule has 1 unspecified atom stereocenters. The number of carbonyl (C=O) groups excluding carboxylic acids is 1. The van der Waals surface area contributed by atoms with Crippen LogP contribution < -0.4 is 5.32 Å². The van der Waals surface area contributed by atoms with Gasteiger partial charge in [-0.3, -0.25) is 4.79 Å². The van der Waals surface area contributed by atoms with E-state index in [0.29, 0.717) is 5.56 Å². The number of hydrogen-bond donors (Lipinski definition) is 2. The fraction of sp³-hybridized carbons (Fsp3) is 0.417. The number of aromatic hydroxyl groups is 1. The number of nitrogens with zero attached hydrogens (tertiary/aromatic N) is 1. The van der Waals surface area contributed by atoms with Crippen molar-refractivity contribution in [1.29, 1.82) is 0 Å². The summed E-state index contributed by atoms with van der Waals surface area (Å²) in [5.41, 5.74) is 0.341. The van der Waals surface area contributed by atoms with Crippen LogP contribution in [0.2, 0.25) is 0 Å². The van der Waals surface area contributed by atoms with Gasteiger partial charge in [0.2, 0.25) is 0 Å². The first-order valence-corrected chi connectivity index (χ1v) is 6.35. The molecule has 100 valence electrons. The van der Waals surface area contributed by atoms with E-state index in [-0.39, 0.29) is 30.1 Å². The second-order valence-electron chi connectivity index (χ2n) is 4.22. The van der Waals surface area contributed by atoms with Gasteiger partial charge >= 0.3 is 0 Å². The van der Waals surface area contributed by atoms with E-state index in [0.717, 1.165) is 24.0 Å². The summed E-state index contributed by atoms with van der Waals surface area (Å²) in [6, 6.07) is 5.10. The third kappa shape index (κ3) is 3.16. The molecule has 18 heavy (non-hydrogen) atoms. The van der Waals surface area contributed by atoms with Gasteiger partial charge in [-0.25, -0.2) is 0 Å². The van der Waals surface area contributed by atoms with E-state index in [4.69, 9.17) is 0 Å². The Hall–Kier alpha value is -0.780. The summed E-state index contributed by atoms with van der Waals surface area (Å²) < 4.78 is 0.789. The molecule has 1 aliphatic heterocycles. The zero-order chi connectivity index (χ0) is 12.4. The fourth-order valence-corrected chi connectivity index (χ4v) is 2.37. The lowest BCUT2D eigenvalue weighted by molar-refractivity contribution is 0.0740. The van der Waals surface area contributed by atoms with Crippen molar-refractivity contribution in [3.63, 3.8) is 0 Å². The molecule has 1 aromatic rings. The summed E-state index contributed by atoms with van der Waals surface area (Å²) in [7, 11) is 1.78. The van der Waals surface area contributed by atoms with E-state index in [1.807, 2.05) is 0 Å². The maximum Gasteiger partial charge on any atom is 0.257 e. The van der Waals surface area contributed by atoms with Crippen molar-refractivity contribution in [2.45, 2.75) is 12.5 Å². The first-order valence-electron chi connectivity index (χ1n) is 5.56. The molecule has 0 radical (unpaired) electrons. The zero-order valence-corrected chi connectivity index (χ0v) is 12.4. The maximum atomic E-state index is 12.2. The molecule has 1 amide bonds. The molecule has 0 aromatic heterocycles. The molecular formula is C12H16BrClN2O2. The zero-order valence-electron chi connectivity index (χ0n) is 10.0. The van der Waals surface area contributed by atoms with Crippen LogP contribution in [0, 0.1) is 0 Å². The molecule has 2 rings (SSSR count). The number of nitrogens with one attached hydrogen (secondary N) is 1. The molecular weight excluding hydrogens is 320 g/mol. The number of phenolic OH excluding ortho intramolecular Hbond substituents is 1. The van der Waals surface area contributed by atoms with Crippen LogP contribution in [-0.4, -0.2) is 42.1 Å². The minimum absolute atomic E-state index is 0. The van der Waals surface area contributed by atoms with Crippen molar-refractivity contribution in [2.24, 2.45) is 0 Å². The van der Waals surface area contributed by atoms with E-state index in [9.17, 15) is 9.90 Å². The molecule has 0 bridgehead atoms. The van der Waals surface area contributed by atoms with Gasteiger partial charge in [0.1, 0.15) is 5.75 Å². The van der Waals surface area contributed by atoms with Gasteiger partial charge in [0, 0.05) is 24.1 Å². The largest absolute Gasteiger partial charge is 0.507 e. The van der Waals surface area contributed by atoms with Gasteiger partial charge in [-0.15, -0.1) is 12.4 Å². The van der Waals surface area contributed by atoms with Crippen molar-refractivity contribution < 1.29 is 9.90 Å². The number of likely N-dealkylation sites (N-methyl/N-ethyl adjacent to an activating group) is 1. The minimum Gasteiger partial charge on any atom is -0.507 e. The van der Waals surface area contributed by atoms with Gasteiger partial charge < -0.3 is 15.3 Å². The minimum atomic E-state index is -0.141. The summed E-state index contributed by atoms with van der Waals surface area (Å²) in [4.78, 5) is 13.9. The third-order valence-electron chi connectivity index (χ3n) is 3.09. The lowest BCUT2D eigenvalue weighted by Gasteiger charge is -2.24. The Labute approximate surface area is 121 Å². The summed E-state index contributed by atoms with van der Waals surface area (Å²) in [6.07, 6.45) is 0.955. The lowest BCUT2D eigenvalue weighted by atomic mass is 10.1. The van der Waals surface area contributed by atoms with Crippen LogP contribution in [0.4, 0.5) is 0 Å². The quantitative estimate of drug-likeness (QED) is 0.869. The van der Waals surface area contributed by atoms with Crippen LogP contribution in [0.25, 0.3) is 0 Å². The smallest absolute Gasteiger partial charge is 0.257 e. The van der Waals surface area contributed by atoms with E-state index < -0.39 is 0 Å². The number of halogens is 2. The van der Waals surface area contributed by atoms with Gasteiger partial charge in [-0.2, -0.15) is 0 Å². The number of benzene rings is 1. The Bertz CT molecular complexity index is 436. The lowest BCUT2D eigenvalue weighted by Crippen LogP contribution is -2.38. The SMILES string of the molecule is CN(C(=O)c1cc(Br)ccc1O)C1CCNC1.Cl. The second kappa shape index (κ2) is 6.41. The Balaban J connectivity index is 0.00000162. The fourth-order valence-electron chi connectivity index (χ4n) is 2.01. The summed E-state index contributed by atoms with van der Waals surface area (Å²) in [5, 5.41) is 12.9. The number of hydrogen-bond acceptors (Lipinski definition) is 3. The molecule has 0 aliphatic carbocycles. The highest BCUT2D eigenvalue weighted by Gasteiger charge is 2.25. The summed E-state index contributed by atoms with van der Waals surface area (Å²) >= 11 is 3.30. The summed E-state index contributed by atoms with van der Waals surface area (Å²) in [6.45, 7) is 1.75. The molecule has 1 heterocycles. The van der Waals surface area contributed by atoms with E-state index >= 15 is 0 Å². The van der Waals surface area contributed by atoms with Crippen molar-refractivity contribution in [3.8, 4) is 5.75 Å². The average Bonchev–Trinajstić information content (AvgIpc) is 2.84. The van der Waals surface area contributed by atoms with Crippen LogP contribution >= 0.6 is 28.3 Å². The van der Waals surface area contributed by atoms with E-state index in [1.165, 1.54) is 6.07 Å². The van der Waals surface area contributed by atoms with Crippen LogP contribution in [0.3, 0.4) is 0 Å². The molecule has 1 aromatic carbocycles. The number of carbonyl (C=O) groups is 1. The summed E-state index contributed by atoms with van der Waals surface area (Å²) in [5.74, 6) is -0.117. The normalized spacial score (nSPS) is 18.2. The second-order valence-corrected chi connectivity index (χ2v) is 5.14. The Morgan fingerprint density at radius 2 is 2.28 bits per heavy atom. The first kappa shape index (κ1) is 15.3. The van der Waals surface area contributed by atoms with Crippen molar-refractivity contribution in [3.05, 3.63) is 28.2 Å². The van der Waals surface area contributed by atoms with Crippen LogP contribution in [-0.2, 0) is 0 Å². The van der Waals surface area contributed by atoms with Crippen molar-refractivity contribution in [1.82, 2.24) is 10.2 Å². The van der Waals surface area contributed by atoms with Gasteiger partial charge in [-0.1, -0.05) is 15.9 Å². The monoisotopic (exact) mass is 334 g/mol. The molecule has 4 nitrogen and oxygen atoms in total. The average molecular weight is 336 g/mol. The van der Waals surface area contributed by atoms with Gasteiger partial charge in [0.15, 0.2) is 0 Å². The Morgan fingerprint density at radius 3 is 2.89 bits per heavy atom. The maximum absolute atomic E-state index is 12.2. The molecule has 1 aliphatic rings. The molecule has 0 saturated carbocycles. The van der Waals surface area contributed by atoms with Crippen LogP contribution in [0.1, 0.15) is 16.8 Å². The van der Waals surface area contributed by atoms with Crippen LogP contribution in [0.15, 0.2) is 22.7 Å². The highest BCUT2D eigenvalue weighted by Crippen LogP contribution is 2.24. The van der Waals surface area contributed by atoms with Crippen molar-refractivity contribution >= 4 is 34.2 Å². The third-order valence-corrected chi connectivity index (χ3v) is 3.58. The first-order chi connectivity index (χ1) is 8.09. The molecule has 2 N–H and O–H groups in total. The highest BCUT2D eigenvalue weighted by atomic mass is 79.9. The van der Waals surface area contributed by atoms with Crippen LogP contribution in [0.5, 0.6) is 5.75 Å². The molecule has 1 atom stereocenters. The van der Waals surface area contributed by atoms with E-state index in [2.05, 4.69) is 21.2 Å². The molecule has 6 heteroatoms. The van der Waals surface area contributed by atoms with E-state index in [1.54, 1.807) is 24.1 Å². The highest BCUT2D eigenvalue weighted by molar-refractivity contribution is 9.10. The van der Waals surface area contributed by atoms with Gasteiger partial charge in [0.05, 0.1) is 5.56 Å². The number of phenols is 1. The molecule has 1 fully saturated rings. The number of rotatable bonds is 2. The number of amides is 1. The van der Waals surface area contributed by atoms with Crippen molar-refractivity contribution in [2.75, 3.05) is 20.1 Å². The Kier molecular flexibility index (Phi) is 5.44. The molecule has 1 saturated heterocycles. The van der Waals surface area contributed by atoms with Gasteiger partial charge in [0.25, 0.3) is 5.91 Å².